The number of nitrogens with one attached hydrogen (secondary N) is 1. The Morgan fingerprint density at radius 3 is 1.63 bits per heavy atom. The molecule has 0 aliphatic carbocycles. The molecule has 1 atom stereocenters. The number of carbonyl (C=O) groups excluding carboxylic acids is 5. The van der Waals surface area contributed by atoms with Gasteiger partial charge in [0.15, 0.2) is 16.5 Å². The Hall–Kier alpha value is -6.93. The fourth-order valence-electron chi connectivity index (χ4n) is 7.89. The van der Waals surface area contributed by atoms with E-state index >= 15 is 0 Å². The number of amidine groups is 1. The van der Waals surface area contributed by atoms with Crippen LogP contribution in [0.5, 0.6) is 5.75 Å². The lowest BCUT2D eigenvalue weighted by Gasteiger charge is -2.38. The van der Waals surface area contributed by atoms with Crippen LogP contribution in [0.4, 0.5) is 28.0 Å². The van der Waals surface area contributed by atoms with Gasteiger partial charge in [-0.25, -0.2) is 38.4 Å². The summed E-state index contributed by atoms with van der Waals surface area (Å²) in [6.45, 7) is 7.91. The van der Waals surface area contributed by atoms with E-state index in [9.17, 15) is 50.0 Å². The maximum absolute atomic E-state index is 14.0. The topological polar surface area (TPSA) is 352 Å². The number of halogens is 4. The molecule has 0 unspecified atom stereocenters. The number of methoxy groups -OCH3 is 1. The molecule has 500 valence electrons. The molecule has 0 radical (unpaired) electrons. The van der Waals surface area contributed by atoms with Crippen LogP contribution in [0.3, 0.4) is 0 Å². The zero-order valence-electron chi connectivity index (χ0n) is 49.8. The Kier molecular flexibility index (Phi) is 33.4. The molecule has 2 aliphatic rings. The molecule has 2 aliphatic heterocycles. The lowest BCUT2D eigenvalue weighted by atomic mass is 10.0. The van der Waals surface area contributed by atoms with Crippen molar-refractivity contribution in [1.29, 1.82) is 0 Å². The second kappa shape index (κ2) is 40.7. The van der Waals surface area contributed by atoms with Crippen LogP contribution in [0.25, 0.3) is 17.2 Å². The Morgan fingerprint density at radius 1 is 0.689 bits per heavy atom. The number of hydroxylamine groups is 2. The Labute approximate surface area is 516 Å². The molecule has 4 N–H and O–H groups in total. The number of ether oxygens (including phenoxy) is 13. The van der Waals surface area contributed by atoms with Crippen LogP contribution >= 0.6 is 0 Å². The van der Waals surface area contributed by atoms with Crippen molar-refractivity contribution in [3.05, 3.63) is 70.8 Å². The third-order valence-corrected chi connectivity index (χ3v) is 13.3. The van der Waals surface area contributed by atoms with Crippen molar-refractivity contribution in [2.24, 2.45) is 10.7 Å². The van der Waals surface area contributed by atoms with Crippen LogP contribution < -0.4 is 15.8 Å². The van der Waals surface area contributed by atoms with Gasteiger partial charge in [-0.3, -0.25) is 23.8 Å². The molecule has 3 amide bonds. The van der Waals surface area contributed by atoms with Crippen LogP contribution in [0, 0.1) is 23.3 Å². The summed E-state index contributed by atoms with van der Waals surface area (Å²) in [4.78, 5) is 80.6. The molecular weight excluding hydrogens is 1230 g/mol. The fourth-order valence-corrected chi connectivity index (χ4v) is 8.52. The predicted octanol–water partition coefficient (Wildman–Crippen LogP) is 3.17. The maximum Gasteiger partial charge on any atom is 0.407 e. The molecule has 3 heterocycles. The van der Waals surface area contributed by atoms with E-state index in [0.717, 1.165) is 0 Å². The van der Waals surface area contributed by atoms with Crippen LogP contribution in [0.2, 0.25) is 0 Å². The minimum Gasteiger partial charge on any atom is -0.467 e. The van der Waals surface area contributed by atoms with Gasteiger partial charge in [0.2, 0.25) is 23.2 Å². The van der Waals surface area contributed by atoms with Gasteiger partial charge in [0, 0.05) is 55.1 Å². The van der Waals surface area contributed by atoms with Crippen molar-refractivity contribution in [2.75, 3.05) is 172 Å². The molecule has 0 bridgehead atoms. The highest BCUT2D eigenvalue weighted by Gasteiger charge is 2.40. The van der Waals surface area contributed by atoms with Crippen LogP contribution in [-0.2, 0) is 86.2 Å². The summed E-state index contributed by atoms with van der Waals surface area (Å²) >= 11 is 0. The number of nitrogens with zero attached hydrogens (tertiary/aromatic N) is 5. The molecule has 1 aromatic heterocycles. The van der Waals surface area contributed by atoms with Gasteiger partial charge in [-0.1, -0.05) is 19.1 Å². The SMILES string of the molecule is CCCN(OCCNC(=O)OCCOCCOCCOCCOCCOCCOCCOCCOCCOCCOCCC(=O)Oc1c(F)c(F)c(S(=O)(=O)O)c(F)c1F)C(=O)C1=Cc2ccc(-c3cnc(C(=O)N4CC[C@H]4C(=O)OC)nc3)cc2N=C(N)C1. The molecule has 29 nitrogen and oxygen atoms in total. The predicted molar refractivity (Wildman–Crippen MR) is 305 cm³/mol. The summed E-state index contributed by atoms with van der Waals surface area (Å²) in [5.41, 5.74) is 9.10. The van der Waals surface area contributed by atoms with E-state index in [1.165, 1.54) is 29.5 Å². The first kappa shape index (κ1) is 73.8. The quantitative estimate of drug-likeness (QED) is 0.0139. The standard InChI is InChI=1S/C56H75F4N7O22S/c1-3-9-67(53(69)40-33-39-5-4-38(34-42(39)65-44(61)35-40)41-36-63-52(64-37-41)54(70)66-10-6-43(66)55(71)76-2)88-12-8-62-56(72)87-32-31-86-30-29-85-28-27-84-26-25-83-24-23-82-22-21-81-20-19-80-18-17-79-16-15-78-14-13-77-11-7-45(68)89-50-46(57)48(59)51(90(73,74)75)49(60)47(50)58/h4-5,33-34,36-37,43H,3,6-32,35H2,1-2H3,(H2,61,65)(H,62,72)(H,73,74,75)/t43-/m0/s1. The van der Waals surface area contributed by atoms with Crippen molar-refractivity contribution in [1.82, 2.24) is 25.2 Å². The van der Waals surface area contributed by atoms with Crippen molar-refractivity contribution in [3.63, 3.8) is 0 Å². The van der Waals surface area contributed by atoms with Gasteiger partial charge in [0.1, 0.15) is 18.5 Å². The first-order chi connectivity index (χ1) is 43.4. The number of benzene rings is 2. The number of nitrogens with two attached hydrogens (primary N) is 1. The number of amides is 3. The Balaban J connectivity index is 0.754. The summed E-state index contributed by atoms with van der Waals surface area (Å²) in [6, 6.07) is 4.72. The second-order valence-electron chi connectivity index (χ2n) is 18.9. The van der Waals surface area contributed by atoms with Crippen LogP contribution in [0.1, 0.15) is 48.8 Å². The normalized spacial score (nSPS) is 13.8. The molecule has 3 aromatic rings. The molecule has 0 saturated carbocycles. The van der Waals surface area contributed by atoms with Crippen LogP contribution in [0.15, 0.2) is 46.1 Å². The van der Waals surface area contributed by atoms with Gasteiger partial charge < -0.3 is 77.5 Å². The smallest absolute Gasteiger partial charge is 0.407 e. The van der Waals surface area contributed by atoms with Gasteiger partial charge in [0.05, 0.1) is 158 Å². The number of hydrogen-bond acceptors (Lipinski definition) is 25. The minimum absolute atomic E-state index is 0.00261. The van der Waals surface area contributed by atoms with Crippen molar-refractivity contribution in [2.45, 2.75) is 43.5 Å². The summed E-state index contributed by atoms with van der Waals surface area (Å²) in [7, 11) is -4.39. The summed E-state index contributed by atoms with van der Waals surface area (Å²) in [5.74, 6) is -13.9. The van der Waals surface area contributed by atoms with E-state index in [1.54, 1.807) is 18.2 Å². The first-order valence-electron chi connectivity index (χ1n) is 28.5. The molecule has 2 aromatic carbocycles. The number of carbonyl (C=O) groups is 5. The molecule has 34 heteroatoms. The highest BCUT2D eigenvalue weighted by molar-refractivity contribution is 7.85. The van der Waals surface area contributed by atoms with Crippen molar-refractivity contribution < 1.29 is 121 Å². The highest BCUT2D eigenvalue weighted by Crippen LogP contribution is 2.34. The number of fused-ring (bicyclic) bond motifs is 1. The van der Waals surface area contributed by atoms with E-state index in [1.807, 2.05) is 13.0 Å². The van der Waals surface area contributed by atoms with E-state index < -0.39 is 86.3 Å². The lowest BCUT2D eigenvalue weighted by Crippen LogP contribution is -2.55. The monoisotopic (exact) mass is 1310 g/mol. The average molecular weight is 1310 g/mol. The number of aliphatic imine (C=N–C) groups is 1. The minimum atomic E-state index is -5.66. The summed E-state index contributed by atoms with van der Waals surface area (Å²) in [5, 5.41) is 3.81. The Morgan fingerprint density at radius 2 is 1.18 bits per heavy atom. The number of aromatic nitrogens is 2. The molecule has 1 fully saturated rings. The van der Waals surface area contributed by atoms with E-state index in [0.29, 0.717) is 133 Å². The average Bonchev–Trinajstić information content (AvgIpc) is 0.866. The summed E-state index contributed by atoms with van der Waals surface area (Å²) < 4.78 is 155. The largest absolute Gasteiger partial charge is 0.467 e. The van der Waals surface area contributed by atoms with E-state index in [2.05, 4.69) is 25.0 Å². The highest BCUT2D eigenvalue weighted by atomic mass is 32.2. The molecule has 90 heavy (non-hydrogen) atoms. The number of likely N-dealkylation sites (tertiary alicyclic amines) is 1. The van der Waals surface area contributed by atoms with Gasteiger partial charge in [0.25, 0.3) is 11.8 Å². The number of hydrogen-bond donors (Lipinski definition) is 3. The Bertz CT molecular complexity index is 2920. The molecule has 5 rings (SSSR count). The van der Waals surface area contributed by atoms with Crippen molar-refractivity contribution >= 4 is 57.6 Å². The summed E-state index contributed by atoms with van der Waals surface area (Å²) in [6.07, 6.45) is 4.61. The second-order valence-corrected chi connectivity index (χ2v) is 20.2. The molecule has 1 saturated heterocycles. The third kappa shape index (κ3) is 25.4. The maximum atomic E-state index is 14.0. The third-order valence-electron chi connectivity index (χ3n) is 12.4. The number of alkyl carbamates (subject to hydrolysis) is 1. The molecule has 0 spiro atoms. The van der Waals surface area contributed by atoms with Gasteiger partial charge in [-0.2, -0.15) is 17.2 Å². The van der Waals surface area contributed by atoms with Gasteiger partial charge >= 0.3 is 28.1 Å². The first-order valence-corrected chi connectivity index (χ1v) is 29.9. The van der Waals surface area contributed by atoms with Gasteiger partial charge in [-0.15, -0.1) is 0 Å². The fraction of sp³-hybridized carbons (Fsp3) is 0.571. The van der Waals surface area contributed by atoms with Crippen molar-refractivity contribution in [3.8, 4) is 16.9 Å². The van der Waals surface area contributed by atoms with Gasteiger partial charge in [-0.05, 0) is 30.5 Å². The molecular formula is C56H75F4N7O22S. The number of esters is 2. The van der Waals surface area contributed by atoms with E-state index in [-0.39, 0.29) is 90.6 Å². The lowest BCUT2D eigenvalue weighted by molar-refractivity contribution is -0.181. The number of rotatable bonds is 45. The van der Waals surface area contributed by atoms with E-state index in [4.69, 9.17) is 72.0 Å². The van der Waals surface area contributed by atoms with Crippen LogP contribution in [-0.4, -0.2) is 247 Å². The zero-order valence-corrected chi connectivity index (χ0v) is 50.6. The zero-order chi connectivity index (χ0) is 65.1.